The van der Waals surface area contributed by atoms with Gasteiger partial charge in [0.25, 0.3) is 5.91 Å². The average Bonchev–Trinajstić information content (AvgIpc) is 2.64. The summed E-state index contributed by atoms with van der Waals surface area (Å²) < 4.78 is 14.0. The zero-order valence-corrected chi connectivity index (χ0v) is 13.5. The molecule has 19 heavy (non-hydrogen) atoms. The zero-order chi connectivity index (χ0) is 13.6. The molecule has 2 atom stereocenters. The van der Waals surface area contributed by atoms with E-state index in [0.717, 1.165) is 25.7 Å². The van der Waals surface area contributed by atoms with E-state index < -0.39 is 0 Å². The predicted molar refractivity (Wildman–Crippen MR) is 79.0 cm³/mol. The highest BCUT2D eigenvalue weighted by Gasteiger charge is 2.43. The van der Waals surface area contributed by atoms with Gasteiger partial charge in [-0.05, 0) is 59.8 Å². The maximum atomic E-state index is 13.3. The van der Waals surface area contributed by atoms with Crippen LogP contribution in [0.4, 0.5) is 4.39 Å². The molecule has 0 N–H and O–H groups in total. The van der Waals surface area contributed by atoms with Gasteiger partial charge in [-0.2, -0.15) is 0 Å². The van der Waals surface area contributed by atoms with E-state index in [9.17, 15) is 9.18 Å². The molecule has 2 nitrogen and oxygen atoms in total. The number of fused-ring (bicyclic) bond motifs is 2. The fourth-order valence-electron chi connectivity index (χ4n) is 3.24. The van der Waals surface area contributed by atoms with Gasteiger partial charge >= 0.3 is 0 Å². The van der Waals surface area contributed by atoms with Gasteiger partial charge in [0.05, 0.1) is 5.56 Å². The zero-order valence-electron chi connectivity index (χ0n) is 10.3. The van der Waals surface area contributed by atoms with Crippen LogP contribution in [0.2, 0.25) is 0 Å². The van der Waals surface area contributed by atoms with Gasteiger partial charge in [-0.25, -0.2) is 4.39 Å². The van der Waals surface area contributed by atoms with Crippen LogP contribution in [0, 0.1) is 5.82 Å². The van der Waals surface area contributed by atoms with Crippen molar-refractivity contribution in [2.75, 3.05) is 0 Å². The topological polar surface area (TPSA) is 20.3 Å². The van der Waals surface area contributed by atoms with Crippen molar-refractivity contribution in [3.05, 3.63) is 34.1 Å². The number of halogens is 3. The Labute approximate surface area is 128 Å². The van der Waals surface area contributed by atoms with Crippen LogP contribution < -0.4 is 0 Å². The van der Waals surface area contributed by atoms with Gasteiger partial charge < -0.3 is 4.90 Å². The van der Waals surface area contributed by atoms with E-state index in [1.165, 1.54) is 12.1 Å². The molecule has 1 aromatic carbocycles. The SMILES string of the molecule is O=C(c1cc(F)ccc1Br)N1C2CCC1CC(Br)C2. The Bertz CT molecular complexity index is 508. The van der Waals surface area contributed by atoms with Crippen molar-refractivity contribution in [2.24, 2.45) is 0 Å². The van der Waals surface area contributed by atoms with Gasteiger partial charge in [-0.1, -0.05) is 15.9 Å². The Balaban J connectivity index is 1.90. The molecule has 0 aliphatic carbocycles. The summed E-state index contributed by atoms with van der Waals surface area (Å²) in [6.45, 7) is 0. The smallest absolute Gasteiger partial charge is 0.255 e. The number of carbonyl (C=O) groups is 1. The number of amides is 1. The number of hydrogen-bond donors (Lipinski definition) is 0. The molecule has 1 amide bonds. The average molecular weight is 391 g/mol. The summed E-state index contributed by atoms with van der Waals surface area (Å²) in [4.78, 5) is 15.1. The quantitative estimate of drug-likeness (QED) is 0.660. The molecular weight excluding hydrogens is 377 g/mol. The van der Waals surface area contributed by atoms with Crippen molar-refractivity contribution in [2.45, 2.75) is 42.6 Å². The molecule has 2 aliphatic rings. The lowest BCUT2D eigenvalue weighted by Gasteiger charge is -2.37. The van der Waals surface area contributed by atoms with Crippen LogP contribution in [0.5, 0.6) is 0 Å². The minimum atomic E-state index is -0.366. The fraction of sp³-hybridized carbons (Fsp3) is 0.500. The molecule has 2 saturated heterocycles. The molecular formula is C14H14Br2FNO. The van der Waals surface area contributed by atoms with Crippen molar-refractivity contribution in [3.8, 4) is 0 Å². The number of piperidine rings is 1. The van der Waals surface area contributed by atoms with E-state index in [0.29, 0.717) is 26.9 Å². The van der Waals surface area contributed by atoms with E-state index in [1.54, 1.807) is 6.07 Å². The molecule has 3 rings (SSSR count). The number of alkyl halides is 1. The van der Waals surface area contributed by atoms with Gasteiger partial charge in [0.15, 0.2) is 0 Å². The Morgan fingerprint density at radius 2 is 1.89 bits per heavy atom. The highest BCUT2D eigenvalue weighted by Crippen LogP contribution is 2.39. The summed E-state index contributed by atoms with van der Waals surface area (Å²) in [5.41, 5.74) is 0.435. The summed E-state index contributed by atoms with van der Waals surface area (Å²) in [6.07, 6.45) is 4.11. The molecule has 102 valence electrons. The Kier molecular flexibility index (Phi) is 3.69. The van der Waals surface area contributed by atoms with Crippen molar-refractivity contribution >= 4 is 37.8 Å². The minimum Gasteiger partial charge on any atom is -0.333 e. The molecule has 0 aromatic heterocycles. The standard InChI is InChI=1S/C14H14Br2FNO/c15-8-5-10-2-3-11(6-8)18(10)14(19)12-7-9(17)1-4-13(12)16/h1,4,7-8,10-11H,2-3,5-6H2. The third-order valence-electron chi connectivity index (χ3n) is 4.07. The molecule has 2 unspecified atom stereocenters. The molecule has 1 aromatic rings. The molecule has 2 aliphatic heterocycles. The van der Waals surface area contributed by atoms with E-state index >= 15 is 0 Å². The van der Waals surface area contributed by atoms with Crippen LogP contribution in [-0.2, 0) is 0 Å². The first-order valence-electron chi connectivity index (χ1n) is 6.48. The normalized spacial score (nSPS) is 29.6. The molecule has 2 heterocycles. The third-order valence-corrected chi connectivity index (χ3v) is 5.51. The monoisotopic (exact) mass is 389 g/mol. The van der Waals surface area contributed by atoms with Crippen LogP contribution in [0.25, 0.3) is 0 Å². The van der Waals surface area contributed by atoms with Crippen LogP contribution in [0.1, 0.15) is 36.0 Å². The fourth-order valence-corrected chi connectivity index (χ4v) is 4.52. The molecule has 0 spiro atoms. The first-order chi connectivity index (χ1) is 9.06. The Hall–Kier alpha value is -0.420. The maximum absolute atomic E-state index is 13.3. The van der Waals surface area contributed by atoms with Crippen molar-refractivity contribution in [1.82, 2.24) is 4.90 Å². The van der Waals surface area contributed by atoms with E-state index in [4.69, 9.17) is 0 Å². The molecule has 0 saturated carbocycles. The van der Waals surface area contributed by atoms with Crippen LogP contribution in [-0.4, -0.2) is 27.7 Å². The third kappa shape index (κ3) is 2.47. The van der Waals surface area contributed by atoms with E-state index in [2.05, 4.69) is 31.9 Å². The molecule has 2 fully saturated rings. The van der Waals surface area contributed by atoms with Crippen molar-refractivity contribution < 1.29 is 9.18 Å². The summed E-state index contributed by atoms with van der Waals surface area (Å²) in [6, 6.07) is 4.88. The second kappa shape index (κ2) is 5.17. The first kappa shape index (κ1) is 13.6. The lowest BCUT2D eigenvalue weighted by molar-refractivity contribution is 0.0602. The lowest BCUT2D eigenvalue weighted by atomic mass is 10.0. The number of benzene rings is 1. The largest absolute Gasteiger partial charge is 0.333 e. The van der Waals surface area contributed by atoms with Crippen molar-refractivity contribution in [1.29, 1.82) is 0 Å². The summed E-state index contributed by atoms with van der Waals surface area (Å²) in [5.74, 6) is -0.410. The summed E-state index contributed by atoms with van der Waals surface area (Å²) >= 11 is 7.01. The summed E-state index contributed by atoms with van der Waals surface area (Å²) in [7, 11) is 0. The first-order valence-corrected chi connectivity index (χ1v) is 8.19. The maximum Gasteiger partial charge on any atom is 0.255 e. The van der Waals surface area contributed by atoms with Gasteiger partial charge in [-0.3, -0.25) is 4.79 Å². The Morgan fingerprint density at radius 3 is 2.53 bits per heavy atom. The number of carbonyl (C=O) groups excluding carboxylic acids is 1. The minimum absolute atomic E-state index is 0.0433. The molecule has 0 radical (unpaired) electrons. The highest BCUT2D eigenvalue weighted by atomic mass is 79.9. The highest BCUT2D eigenvalue weighted by molar-refractivity contribution is 9.10. The lowest BCUT2D eigenvalue weighted by Crippen LogP contribution is -2.47. The van der Waals surface area contributed by atoms with Crippen LogP contribution in [0.3, 0.4) is 0 Å². The van der Waals surface area contributed by atoms with Crippen LogP contribution in [0.15, 0.2) is 22.7 Å². The predicted octanol–water partition coefficient (Wildman–Crippen LogP) is 4.12. The second-order valence-corrected chi connectivity index (χ2v) is 7.44. The summed E-state index contributed by atoms with van der Waals surface area (Å²) in [5, 5.41) is 0. The number of nitrogens with zero attached hydrogens (tertiary/aromatic N) is 1. The van der Waals surface area contributed by atoms with Gasteiger partial charge in [0.2, 0.25) is 0 Å². The Morgan fingerprint density at radius 1 is 1.26 bits per heavy atom. The van der Waals surface area contributed by atoms with Crippen molar-refractivity contribution in [3.63, 3.8) is 0 Å². The van der Waals surface area contributed by atoms with Gasteiger partial charge in [0.1, 0.15) is 5.82 Å². The van der Waals surface area contributed by atoms with E-state index in [1.807, 2.05) is 4.90 Å². The van der Waals surface area contributed by atoms with E-state index in [-0.39, 0.29) is 11.7 Å². The van der Waals surface area contributed by atoms with Gasteiger partial charge in [0, 0.05) is 21.4 Å². The van der Waals surface area contributed by atoms with Gasteiger partial charge in [-0.15, -0.1) is 0 Å². The number of hydrogen-bond acceptors (Lipinski definition) is 1. The molecule has 5 heteroatoms. The second-order valence-electron chi connectivity index (χ2n) is 5.29. The molecule has 2 bridgehead atoms. The number of rotatable bonds is 1. The van der Waals surface area contributed by atoms with Crippen LogP contribution >= 0.6 is 31.9 Å².